The number of aliphatic hydroxyl groups excluding tert-OH is 1. The molecule has 1 amide bonds. The molecule has 2 rings (SSSR count). The van der Waals surface area contributed by atoms with E-state index in [-0.39, 0.29) is 5.91 Å². The molecule has 7 heteroatoms. The maximum Gasteiger partial charge on any atom is 0.245 e. The molecule has 1 aromatic heterocycles. The number of aromatic nitrogens is 4. The van der Waals surface area contributed by atoms with Gasteiger partial charge in [-0.05, 0) is 29.3 Å². The molecule has 7 nitrogen and oxygen atoms in total. The van der Waals surface area contributed by atoms with E-state index in [2.05, 4.69) is 20.8 Å². The summed E-state index contributed by atoms with van der Waals surface area (Å²) in [5.41, 5.74) is 1.03. The van der Waals surface area contributed by atoms with Crippen molar-refractivity contribution in [2.24, 2.45) is 0 Å². The molecular formula is C14H19N5O2. The summed E-state index contributed by atoms with van der Waals surface area (Å²) in [6, 6.07) is 9.20. The third-order valence-electron chi connectivity index (χ3n) is 3.12. The molecule has 1 aromatic carbocycles. The van der Waals surface area contributed by atoms with Gasteiger partial charge >= 0.3 is 0 Å². The number of tetrazole rings is 1. The highest BCUT2D eigenvalue weighted by atomic mass is 16.3. The zero-order chi connectivity index (χ0) is 15.1. The zero-order valence-corrected chi connectivity index (χ0v) is 11.9. The third-order valence-corrected chi connectivity index (χ3v) is 3.12. The van der Waals surface area contributed by atoms with Gasteiger partial charge in [0, 0.05) is 13.0 Å². The Hall–Kier alpha value is -2.28. The van der Waals surface area contributed by atoms with Gasteiger partial charge in [-0.3, -0.25) is 4.79 Å². The van der Waals surface area contributed by atoms with E-state index in [1.165, 1.54) is 11.0 Å². The van der Waals surface area contributed by atoms with Gasteiger partial charge in [-0.2, -0.15) is 0 Å². The highest BCUT2D eigenvalue weighted by Crippen LogP contribution is 2.13. The van der Waals surface area contributed by atoms with Gasteiger partial charge in [-0.1, -0.05) is 30.3 Å². The van der Waals surface area contributed by atoms with Gasteiger partial charge in [0.15, 0.2) is 0 Å². The highest BCUT2D eigenvalue weighted by Gasteiger charge is 2.21. The summed E-state index contributed by atoms with van der Waals surface area (Å²) in [7, 11) is 0. The van der Waals surface area contributed by atoms with E-state index >= 15 is 0 Å². The van der Waals surface area contributed by atoms with Gasteiger partial charge in [0.05, 0.1) is 6.10 Å². The van der Waals surface area contributed by atoms with Gasteiger partial charge in [-0.25, -0.2) is 4.68 Å². The number of nitrogens with one attached hydrogen (secondary N) is 1. The maximum absolute atomic E-state index is 12.3. The Labute approximate surface area is 123 Å². The Morgan fingerprint density at radius 2 is 2.14 bits per heavy atom. The molecule has 0 fully saturated rings. The largest absolute Gasteiger partial charge is 0.393 e. The van der Waals surface area contributed by atoms with Crippen LogP contribution in [0.4, 0.5) is 0 Å². The Morgan fingerprint density at radius 1 is 1.38 bits per heavy atom. The van der Waals surface area contributed by atoms with Gasteiger partial charge < -0.3 is 10.4 Å². The van der Waals surface area contributed by atoms with Crippen LogP contribution < -0.4 is 5.32 Å². The van der Waals surface area contributed by atoms with Gasteiger partial charge in [0.1, 0.15) is 12.4 Å². The van der Waals surface area contributed by atoms with E-state index < -0.39 is 12.1 Å². The molecule has 21 heavy (non-hydrogen) atoms. The molecule has 0 saturated heterocycles. The fourth-order valence-corrected chi connectivity index (χ4v) is 1.98. The van der Waals surface area contributed by atoms with E-state index in [1.807, 2.05) is 30.3 Å². The predicted molar refractivity (Wildman–Crippen MR) is 76.3 cm³/mol. The second kappa shape index (κ2) is 7.49. The second-order valence-corrected chi connectivity index (χ2v) is 4.92. The molecule has 2 atom stereocenters. The minimum absolute atomic E-state index is 0.160. The lowest BCUT2D eigenvalue weighted by Crippen LogP contribution is -2.35. The van der Waals surface area contributed by atoms with Crippen LogP contribution in [0.15, 0.2) is 36.7 Å². The molecule has 0 spiro atoms. The van der Waals surface area contributed by atoms with Crippen molar-refractivity contribution < 1.29 is 9.90 Å². The quantitative estimate of drug-likeness (QED) is 0.767. The SMILES string of the molecule is CC(O)CCNC(=O)C(Cc1ccccc1)n1cnnn1. The van der Waals surface area contributed by atoms with Crippen LogP contribution in [0.1, 0.15) is 24.9 Å². The number of aliphatic hydroxyl groups is 1. The minimum Gasteiger partial charge on any atom is -0.393 e. The summed E-state index contributed by atoms with van der Waals surface area (Å²) in [5.74, 6) is -0.160. The summed E-state index contributed by atoms with van der Waals surface area (Å²) in [5, 5.41) is 23.0. The lowest BCUT2D eigenvalue weighted by molar-refractivity contribution is -0.124. The van der Waals surface area contributed by atoms with E-state index in [0.29, 0.717) is 19.4 Å². The minimum atomic E-state index is -0.503. The summed E-state index contributed by atoms with van der Waals surface area (Å²) in [6.07, 6.45) is 2.01. The number of carbonyl (C=O) groups is 1. The normalized spacial score (nSPS) is 13.6. The van der Waals surface area contributed by atoms with E-state index in [1.54, 1.807) is 6.92 Å². The fourth-order valence-electron chi connectivity index (χ4n) is 1.98. The van der Waals surface area contributed by atoms with Crippen molar-refractivity contribution in [3.63, 3.8) is 0 Å². The van der Waals surface area contributed by atoms with Crippen LogP contribution in [0.25, 0.3) is 0 Å². The molecule has 0 aliphatic heterocycles. The summed E-state index contributed by atoms with van der Waals surface area (Å²) >= 11 is 0. The van der Waals surface area contributed by atoms with Crippen molar-refractivity contribution in [1.82, 2.24) is 25.5 Å². The second-order valence-electron chi connectivity index (χ2n) is 4.92. The first kappa shape index (κ1) is 15.1. The van der Waals surface area contributed by atoms with Crippen LogP contribution >= 0.6 is 0 Å². The standard InChI is InChI=1S/C14H19N5O2/c1-11(20)7-8-15-14(21)13(19-10-16-17-18-19)9-12-5-3-2-4-6-12/h2-6,10-11,13,20H,7-9H2,1H3,(H,15,21). The topological polar surface area (TPSA) is 92.9 Å². The molecule has 2 aromatic rings. The molecule has 2 unspecified atom stereocenters. The molecule has 0 saturated carbocycles. The van der Waals surface area contributed by atoms with Crippen molar-refractivity contribution >= 4 is 5.91 Å². The van der Waals surface area contributed by atoms with E-state index in [4.69, 9.17) is 0 Å². The number of hydrogen-bond acceptors (Lipinski definition) is 5. The molecule has 112 valence electrons. The highest BCUT2D eigenvalue weighted by molar-refractivity contribution is 5.80. The lowest BCUT2D eigenvalue weighted by atomic mass is 10.1. The van der Waals surface area contributed by atoms with Crippen LogP contribution in [-0.4, -0.2) is 43.9 Å². The third kappa shape index (κ3) is 4.64. The van der Waals surface area contributed by atoms with Gasteiger partial charge in [-0.15, -0.1) is 5.10 Å². The fraction of sp³-hybridized carbons (Fsp3) is 0.429. The van der Waals surface area contributed by atoms with Crippen molar-refractivity contribution in [2.75, 3.05) is 6.54 Å². The first-order chi connectivity index (χ1) is 10.2. The van der Waals surface area contributed by atoms with Crippen LogP contribution in [0.5, 0.6) is 0 Å². The Bertz CT molecular complexity index is 542. The van der Waals surface area contributed by atoms with E-state index in [0.717, 1.165) is 5.56 Å². The summed E-state index contributed by atoms with van der Waals surface area (Å²) in [4.78, 5) is 12.3. The lowest BCUT2D eigenvalue weighted by Gasteiger charge is -2.16. The maximum atomic E-state index is 12.3. The number of nitrogens with zero attached hydrogens (tertiary/aromatic N) is 4. The van der Waals surface area contributed by atoms with Crippen molar-refractivity contribution in [3.8, 4) is 0 Å². The molecule has 0 radical (unpaired) electrons. The molecule has 0 aliphatic carbocycles. The number of amides is 1. The summed E-state index contributed by atoms with van der Waals surface area (Å²) in [6.45, 7) is 2.11. The van der Waals surface area contributed by atoms with Gasteiger partial charge in [0.2, 0.25) is 5.91 Å². The number of rotatable bonds is 7. The molecule has 0 aliphatic rings. The van der Waals surface area contributed by atoms with Gasteiger partial charge in [0.25, 0.3) is 0 Å². The van der Waals surface area contributed by atoms with E-state index in [9.17, 15) is 9.90 Å². The number of carbonyl (C=O) groups excluding carboxylic acids is 1. The van der Waals surface area contributed by atoms with Crippen molar-refractivity contribution in [1.29, 1.82) is 0 Å². The van der Waals surface area contributed by atoms with Crippen molar-refractivity contribution in [3.05, 3.63) is 42.2 Å². The van der Waals surface area contributed by atoms with Crippen LogP contribution in [-0.2, 0) is 11.2 Å². The Morgan fingerprint density at radius 3 is 2.76 bits per heavy atom. The molecule has 1 heterocycles. The monoisotopic (exact) mass is 289 g/mol. The number of benzene rings is 1. The Balaban J connectivity index is 2.04. The van der Waals surface area contributed by atoms with Crippen LogP contribution in [0, 0.1) is 0 Å². The van der Waals surface area contributed by atoms with Crippen LogP contribution in [0.3, 0.4) is 0 Å². The first-order valence-electron chi connectivity index (χ1n) is 6.89. The molecule has 2 N–H and O–H groups in total. The summed E-state index contributed by atoms with van der Waals surface area (Å²) < 4.78 is 1.45. The average Bonchev–Trinajstić information content (AvgIpc) is 2.99. The smallest absolute Gasteiger partial charge is 0.245 e. The van der Waals surface area contributed by atoms with Crippen molar-refractivity contribution in [2.45, 2.75) is 31.9 Å². The zero-order valence-electron chi connectivity index (χ0n) is 11.9. The number of hydrogen-bond donors (Lipinski definition) is 2. The first-order valence-corrected chi connectivity index (χ1v) is 6.89. The average molecular weight is 289 g/mol. The molecule has 0 bridgehead atoms. The predicted octanol–water partition coefficient (Wildman–Crippen LogP) is 0.344. The Kier molecular flexibility index (Phi) is 5.39. The molecular weight excluding hydrogens is 270 g/mol. The van der Waals surface area contributed by atoms with Crippen LogP contribution in [0.2, 0.25) is 0 Å².